The molecule has 0 aliphatic rings. The molecule has 2 nitrogen and oxygen atoms in total. The normalized spacial score (nSPS) is 11.4. The Morgan fingerprint density at radius 2 is 1.21 bits per heavy atom. The van der Waals surface area contributed by atoms with Gasteiger partial charge in [0.2, 0.25) is 0 Å². The Kier molecular flexibility index (Phi) is 3.44. The van der Waals surface area contributed by atoms with Gasteiger partial charge >= 0.3 is 0 Å². The number of ketones is 1. The number of hydrogen-bond donors (Lipinski definition) is 1. The lowest BCUT2D eigenvalue weighted by Gasteiger charge is -2.26. The van der Waals surface area contributed by atoms with Crippen molar-refractivity contribution in [2.75, 3.05) is 0 Å². The van der Waals surface area contributed by atoms with Gasteiger partial charge in [-0.15, -0.1) is 0 Å². The summed E-state index contributed by atoms with van der Waals surface area (Å²) in [6, 6.07) is 9.97. The number of aliphatic hydroxyl groups is 1. The molecule has 1 N–H and O–H groups in total. The van der Waals surface area contributed by atoms with Gasteiger partial charge in [0.25, 0.3) is 0 Å². The zero-order valence-corrected chi connectivity index (χ0v) is 10.2. The highest BCUT2D eigenvalue weighted by Crippen LogP contribution is 2.30. The van der Waals surface area contributed by atoms with Crippen LogP contribution in [0.1, 0.15) is 18.1 Å². The summed E-state index contributed by atoms with van der Waals surface area (Å²) in [6.07, 6.45) is 0. The number of halogens is 2. The van der Waals surface area contributed by atoms with Gasteiger partial charge < -0.3 is 5.11 Å². The number of carbonyl (C=O) groups excluding carboxylic acids is 1. The van der Waals surface area contributed by atoms with Crippen LogP contribution in [0.5, 0.6) is 0 Å². The van der Waals surface area contributed by atoms with Gasteiger partial charge in [-0.3, -0.25) is 4.79 Å². The molecule has 0 aromatic heterocycles. The maximum absolute atomic E-state index is 12.9. The van der Waals surface area contributed by atoms with Gasteiger partial charge in [-0.2, -0.15) is 0 Å². The average Bonchev–Trinajstić information content (AvgIpc) is 2.39. The highest BCUT2D eigenvalue weighted by Gasteiger charge is 2.36. The first kappa shape index (κ1) is 13.4. The van der Waals surface area contributed by atoms with Crippen LogP contribution in [0.25, 0.3) is 0 Å². The molecule has 0 fully saturated rings. The maximum Gasteiger partial charge on any atom is 0.173 e. The van der Waals surface area contributed by atoms with Gasteiger partial charge in [-0.1, -0.05) is 24.3 Å². The second-order valence-electron chi connectivity index (χ2n) is 4.28. The fourth-order valence-corrected chi connectivity index (χ4v) is 1.96. The molecule has 0 aliphatic carbocycles. The van der Waals surface area contributed by atoms with E-state index >= 15 is 0 Å². The fraction of sp³-hybridized carbons (Fsp3) is 0.133. The monoisotopic (exact) mass is 262 g/mol. The molecule has 0 aliphatic heterocycles. The predicted molar refractivity (Wildman–Crippen MR) is 66.5 cm³/mol. The Labute approximate surface area is 109 Å². The number of hydrogen-bond acceptors (Lipinski definition) is 2. The Balaban J connectivity index is 2.57. The molecule has 0 spiro atoms. The van der Waals surface area contributed by atoms with Crippen molar-refractivity contribution < 1.29 is 18.7 Å². The summed E-state index contributed by atoms with van der Waals surface area (Å²) in [5, 5.41) is 10.6. The largest absolute Gasteiger partial charge is 0.373 e. The highest BCUT2D eigenvalue weighted by molar-refractivity contribution is 5.89. The molecule has 0 radical (unpaired) electrons. The van der Waals surface area contributed by atoms with E-state index in [2.05, 4.69) is 0 Å². The number of rotatable bonds is 3. The minimum absolute atomic E-state index is 0.244. The average molecular weight is 262 g/mol. The fourth-order valence-electron chi connectivity index (χ4n) is 1.96. The molecule has 0 saturated heterocycles. The first-order chi connectivity index (χ1) is 8.94. The molecule has 19 heavy (non-hydrogen) atoms. The van der Waals surface area contributed by atoms with Crippen LogP contribution in [-0.4, -0.2) is 10.9 Å². The van der Waals surface area contributed by atoms with Gasteiger partial charge in [0.05, 0.1) is 0 Å². The lowest BCUT2D eigenvalue weighted by molar-refractivity contribution is -0.132. The van der Waals surface area contributed by atoms with Crippen LogP contribution in [-0.2, 0) is 10.4 Å². The third-order valence-electron chi connectivity index (χ3n) is 3.03. The molecule has 2 aromatic rings. The molecule has 2 rings (SSSR count). The molecule has 98 valence electrons. The Morgan fingerprint density at radius 1 is 0.895 bits per heavy atom. The first-order valence-corrected chi connectivity index (χ1v) is 5.70. The van der Waals surface area contributed by atoms with E-state index in [1.165, 1.54) is 31.2 Å². The van der Waals surface area contributed by atoms with Gasteiger partial charge in [0, 0.05) is 0 Å². The van der Waals surface area contributed by atoms with Gasteiger partial charge in [-0.25, -0.2) is 8.78 Å². The van der Waals surface area contributed by atoms with E-state index in [0.29, 0.717) is 0 Å². The third-order valence-corrected chi connectivity index (χ3v) is 3.03. The van der Waals surface area contributed by atoms with E-state index in [-0.39, 0.29) is 11.1 Å². The lowest BCUT2D eigenvalue weighted by atomic mass is 9.83. The first-order valence-electron chi connectivity index (χ1n) is 5.70. The Morgan fingerprint density at radius 3 is 1.47 bits per heavy atom. The standard InChI is InChI=1S/C15H12F2O2/c1-10(18)15(19,11-2-6-13(16)7-3-11)12-4-8-14(17)9-5-12/h2-9,19H,1H3. The summed E-state index contributed by atoms with van der Waals surface area (Å²) in [6.45, 7) is 1.23. The zero-order valence-electron chi connectivity index (χ0n) is 10.2. The van der Waals surface area contributed by atoms with Crippen molar-refractivity contribution in [1.29, 1.82) is 0 Å². The van der Waals surface area contributed by atoms with Crippen LogP contribution in [0.2, 0.25) is 0 Å². The number of Topliss-reactive ketones (excluding diaryl/α,β-unsaturated/α-hetero) is 1. The molecule has 2 aromatic carbocycles. The second kappa shape index (κ2) is 4.90. The summed E-state index contributed by atoms with van der Waals surface area (Å²) in [4.78, 5) is 11.8. The van der Waals surface area contributed by atoms with Crippen LogP contribution >= 0.6 is 0 Å². The van der Waals surface area contributed by atoms with Gasteiger partial charge in [0.1, 0.15) is 11.6 Å². The second-order valence-corrected chi connectivity index (χ2v) is 4.28. The molecular formula is C15H12F2O2. The molecule has 4 heteroatoms. The molecule has 0 atom stereocenters. The van der Waals surface area contributed by atoms with Crippen LogP contribution in [0.3, 0.4) is 0 Å². The van der Waals surface area contributed by atoms with Crippen LogP contribution in [0.4, 0.5) is 8.78 Å². The Hall–Kier alpha value is -2.07. The molecule has 0 amide bonds. The summed E-state index contributed by atoms with van der Waals surface area (Å²) < 4.78 is 25.8. The van der Waals surface area contributed by atoms with Crippen molar-refractivity contribution in [2.45, 2.75) is 12.5 Å². The third kappa shape index (κ3) is 2.39. The van der Waals surface area contributed by atoms with Crippen molar-refractivity contribution in [3.63, 3.8) is 0 Å². The topological polar surface area (TPSA) is 37.3 Å². The molecule has 0 heterocycles. The minimum atomic E-state index is -1.90. The summed E-state index contributed by atoms with van der Waals surface area (Å²) in [5.74, 6) is -1.45. The summed E-state index contributed by atoms with van der Waals surface area (Å²) in [5.41, 5.74) is -1.41. The summed E-state index contributed by atoms with van der Waals surface area (Å²) >= 11 is 0. The van der Waals surface area contributed by atoms with Crippen LogP contribution in [0, 0.1) is 11.6 Å². The van der Waals surface area contributed by atoms with Crippen molar-refractivity contribution in [1.82, 2.24) is 0 Å². The van der Waals surface area contributed by atoms with E-state index in [4.69, 9.17) is 0 Å². The predicted octanol–water partition coefficient (Wildman–Crippen LogP) is 2.79. The molecule has 0 saturated carbocycles. The SMILES string of the molecule is CC(=O)C(O)(c1ccc(F)cc1)c1ccc(F)cc1. The highest BCUT2D eigenvalue weighted by atomic mass is 19.1. The lowest BCUT2D eigenvalue weighted by Crippen LogP contribution is -2.35. The van der Waals surface area contributed by atoms with Crippen molar-refractivity contribution in [3.05, 3.63) is 71.3 Å². The van der Waals surface area contributed by atoms with E-state index in [0.717, 1.165) is 24.3 Å². The number of benzene rings is 2. The van der Waals surface area contributed by atoms with Gasteiger partial charge in [0.15, 0.2) is 11.4 Å². The molecule has 0 bridgehead atoms. The summed E-state index contributed by atoms with van der Waals surface area (Å²) in [7, 11) is 0. The molecular weight excluding hydrogens is 250 g/mol. The van der Waals surface area contributed by atoms with Crippen molar-refractivity contribution in [3.8, 4) is 0 Å². The quantitative estimate of drug-likeness (QED) is 0.923. The van der Waals surface area contributed by atoms with E-state index in [1.54, 1.807) is 0 Å². The van der Waals surface area contributed by atoms with E-state index < -0.39 is 23.0 Å². The zero-order chi connectivity index (χ0) is 14.0. The Bertz CT molecular complexity index is 543. The van der Waals surface area contributed by atoms with Crippen LogP contribution in [0.15, 0.2) is 48.5 Å². The van der Waals surface area contributed by atoms with Crippen molar-refractivity contribution >= 4 is 5.78 Å². The van der Waals surface area contributed by atoms with Crippen molar-refractivity contribution in [2.24, 2.45) is 0 Å². The van der Waals surface area contributed by atoms with E-state index in [1.807, 2.05) is 0 Å². The minimum Gasteiger partial charge on any atom is -0.373 e. The maximum atomic E-state index is 12.9. The number of carbonyl (C=O) groups is 1. The van der Waals surface area contributed by atoms with Crippen LogP contribution < -0.4 is 0 Å². The van der Waals surface area contributed by atoms with Gasteiger partial charge in [-0.05, 0) is 42.3 Å². The smallest absolute Gasteiger partial charge is 0.173 e. The molecule has 0 unspecified atom stereocenters. The van der Waals surface area contributed by atoms with E-state index in [9.17, 15) is 18.7 Å².